The number of para-hydroxylation sites is 1. The van der Waals surface area contributed by atoms with Crippen LogP contribution < -0.4 is 4.74 Å². The predicted octanol–water partition coefficient (Wildman–Crippen LogP) is 4.96. The molecule has 27 heavy (non-hydrogen) atoms. The molecule has 1 aromatic heterocycles. The first-order valence-electron chi connectivity index (χ1n) is 7.75. The topological polar surface area (TPSA) is 56.3 Å². The van der Waals surface area contributed by atoms with Gasteiger partial charge in [0.25, 0.3) is 0 Å². The SMILES string of the molecule is CS(=O)(=O)c1ccc(-c2ccccc2Oc2ccc(C(F)(F)F)cc2)nc1. The number of halogens is 3. The van der Waals surface area contributed by atoms with Crippen molar-refractivity contribution in [1.82, 2.24) is 4.98 Å². The van der Waals surface area contributed by atoms with Crippen LogP contribution in [0.15, 0.2) is 71.8 Å². The fourth-order valence-electron chi connectivity index (χ4n) is 2.37. The highest BCUT2D eigenvalue weighted by Crippen LogP contribution is 2.34. The minimum Gasteiger partial charge on any atom is -0.457 e. The van der Waals surface area contributed by atoms with Crippen LogP contribution in [0.2, 0.25) is 0 Å². The van der Waals surface area contributed by atoms with Gasteiger partial charge in [-0.3, -0.25) is 4.98 Å². The maximum absolute atomic E-state index is 12.7. The monoisotopic (exact) mass is 393 g/mol. The van der Waals surface area contributed by atoms with E-state index in [1.54, 1.807) is 30.3 Å². The van der Waals surface area contributed by atoms with Gasteiger partial charge in [-0.1, -0.05) is 12.1 Å². The number of nitrogens with zero attached hydrogens (tertiary/aromatic N) is 1. The highest BCUT2D eigenvalue weighted by Gasteiger charge is 2.30. The molecule has 0 aliphatic heterocycles. The number of sulfone groups is 1. The molecule has 0 amide bonds. The molecule has 2 aromatic carbocycles. The Bertz CT molecular complexity index is 1040. The molecule has 1 heterocycles. The highest BCUT2D eigenvalue weighted by molar-refractivity contribution is 7.90. The summed E-state index contributed by atoms with van der Waals surface area (Å²) in [5.74, 6) is 0.625. The Morgan fingerprint density at radius 3 is 2.15 bits per heavy atom. The van der Waals surface area contributed by atoms with Gasteiger partial charge in [0.05, 0.1) is 16.2 Å². The number of hydrogen-bond acceptors (Lipinski definition) is 4. The molecular weight excluding hydrogens is 379 g/mol. The van der Waals surface area contributed by atoms with E-state index in [0.29, 0.717) is 17.0 Å². The number of aromatic nitrogens is 1. The predicted molar refractivity (Wildman–Crippen MR) is 94.3 cm³/mol. The van der Waals surface area contributed by atoms with E-state index in [-0.39, 0.29) is 10.6 Å². The molecule has 0 saturated heterocycles. The minimum absolute atomic E-state index is 0.0902. The fraction of sp³-hybridized carbons (Fsp3) is 0.105. The van der Waals surface area contributed by atoms with Crippen molar-refractivity contribution in [3.63, 3.8) is 0 Å². The maximum Gasteiger partial charge on any atom is 0.416 e. The van der Waals surface area contributed by atoms with Gasteiger partial charge in [-0.15, -0.1) is 0 Å². The van der Waals surface area contributed by atoms with E-state index in [9.17, 15) is 21.6 Å². The molecule has 0 saturated carbocycles. The Kier molecular flexibility index (Phi) is 4.93. The van der Waals surface area contributed by atoms with E-state index < -0.39 is 21.6 Å². The lowest BCUT2D eigenvalue weighted by atomic mass is 10.1. The Morgan fingerprint density at radius 1 is 0.926 bits per heavy atom. The quantitative estimate of drug-likeness (QED) is 0.628. The molecule has 0 fully saturated rings. The van der Waals surface area contributed by atoms with Gasteiger partial charge in [-0.05, 0) is 48.5 Å². The van der Waals surface area contributed by atoms with Crippen molar-refractivity contribution in [1.29, 1.82) is 0 Å². The van der Waals surface area contributed by atoms with E-state index >= 15 is 0 Å². The number of hydrogen-bond donors (Lipinski definition) is 0. The summed E-state index contributed by atoms with van der Waals surface area (Å²) in [6, 6.07) is 14.2. The van der Waals surface area contributed by atoms with E-state index in [2.05, 4.69) is 4.98 Å². The third kappa shape index (κ3) is 4.46. The van der Waals surface area contributed by atoms with Crippen LogP contribution in [0, 0.1) is 0 Å². The summed E-state index contributed by atoms with van der Waals surface area (Å²) < 4.78 is 66.8. The van der Waals surface area contributed by atoms with E-state index in [4.69, 9.17) is 4.74 Å². The molecule has 3 rings (SSSR count). The van der Waals surface area contributed by atoms with E-state index in [1.165, 1.54) is 24.4 Å². The number of alkyl halides is 3. The van der Waals surface area contributed by atoms with Crippen molar-refractivity contribution in [2.75, 3.05) is 6.26 Å². The van der Waals surface area contributed by atoms with Crippen LogP contribution in [0.4, 0.5) is 13.2 Å². The van der Waals surface area contributed by atoms with Crippen molar-refractivity contribution in [2.24, 2.45) is 0 Å². The maximum atomic E-state index is 12.7. The lowest BCUT2D eigenvalue weighted by Crippen LogP contribution is -2.04. The Balaban J connectivity index is 1.90. The van der Waals surface area contributed by atoms with Crippen molar-refractivity contribution < 1.29 is 26.3 Å². The molecule has 0 atom stereocenters. The Hall–Kier alpha value is -2.87. The molecule has 0 unspecified atom stereocenters. The third-order valence-electron chi connectivity index (χ3n) is 3.74. The molecule has 0 aliphatic carbocycles. The number of rotatable bonds is 4. The molecular formula is C19H14F3NO3S. The van der Waals surface area contributed by atoms with Crippen LogP contribution in [0.1, 0.15) is 5.56 Å². The zero-order valence-corrected chi connectivity index (χ0v) is 14.9. The summed E-state index contributed by atoms with van der Waals surface area (Å²) >= 11 is 0. The van der Waals surface area contributed by atoms with E-state index in [0.717, 1.165) is 18.4 Å². The van der Waals surface area contributed by atoms with Gasteiger partial charge >= 0.3 is 6.18 Å². The molecule has 0 radical (unpaired) electrons. The van der Waals surface area contributed by atoms with Gasteiger partial charge in [0.1, 0.15) is 11.5 Å². The van der Waals surface area contributed by atoms with Gasteiger partial charge < -0.3 is 4.74 Å². The first kappa shape index (κ1) is 18.9. The molecule has 8 heteroatoms. The van der Waals surface area contributed by atoms with Crippen LogP contribution in [0.25, 0.3) is 11.3 Å². The first-order chi connectivity index (χ1) is 12.6. The van der Waals surface area contributed by atoms with Crippen LogP contribution in [-0.4, -0.2) is 19.7 Å². The van der Waals surface area contributed by atoms with Crippen LogP contribution in [-0.2, 0) is 16.0 Å². The molecule has 0 aliphatic rings. The third-order valence-corrected chi connectivity index (χ3v) is 4.83. The van der Waals surface area contributed by atoms with Crippen LogP contribution in [0.3, 0.4) is 0 Å². The molecule has 0 N–H and O–H groups in total. The van der Waals surface area contributed by atoms with Crippen LogP contribution in [0.5, 0.6) is 11.5 Å². The summed E-state index contributed by atoms with van der Waals surface area (Å²) in [7, 11) is -3.36. The minimum atomic E-state index is -4.41. The fourth-order valence-corrected chi connectivity index (χ4v) is 2.92. The summed E-state index contributed by atoms with van der Waals surface area (Å²) in [6.45, 7) is 0. The average molecular weight is 393 g/mol. The lowest BCUT2D eigenvalue weighted by molar-refractivity contribution is -0.137. The van der Waals surface area contributed by atoms with Crippen molar-refractivity contribution in [3.05, 3.63) is 72.4 Å². The van der Waals surface area contributed by atoms with Crippen LogP contribution >= 0.6 is 0 Å². The van der Waals surface area contributed by atoms with Crippen molar-refractivity contribution in [2.45, 2.75) is 11.1 Å². The molecule has 4 nitrogen and oxygen atoms in total. The second-order valence-electron chi connectivity index (χ2n) is 5.77. The van der Waals surface area contributed by atoms with Gasteiger partial charge in [-0.25, -0.2) is 8.42 Å². The second kappa shape index (κ2) is 7.03. The normalized spacial score (nSPS) is 12.0. The smallest absolute Gasteiger partial charge is 0.416 e. The zero-order valence-electron chi connectivity index (χ0n) is 14.1. The van der Waals surface area contributed by atoms with Gasteiger partial charge in [-0.2, -0.15) is 13.2 Å². The number of benzene rings is 2. The van der Waals surface area contributed by atoms with Gasteiger partial charge in [0, 0.05) is 18.0 Å². The standard InChI is InChI=1S/C19H14F3NO3S/c1-27(24,25)15-10-11-17(23-12-15)16-4-2-3-5-18(16)26-14-8-6-13(7-9-14)19(20,21)22/h2-12H,1H3. The summed E-state index contributed by atoms with van der Waals surface area (Å²) in [5, 5.41) is 0. The summed E-state index contributed by atoms with van der Waals surface area (Å²) in [5.41, 5.74) is 0.295. The van der Waals surface area contributed by atoms with E-state index in [1.807, 2.05) is 0 Å². The van der Waals surface area contributed by atoms with Gasteiger partial charge in [0.2, 0.25) is 0 Å². The summed E-state index contributed by atoms with van der Waals surface area (Å²) in [6.07, 6.45) is -2.08. The van der Waals surface area contributed by atoms with Gasteiger partial charge in [0.15, 0.2) is 9.84 Å². The first-order valence-corrected chi connectivity index (χ1v) is 9.64. The molecule has 0 spiro atoms. The second-order valence-corrected chi connectivity index (χ2v) is 7.79. The lowest BCUT2D eigenvalue weighted by Gasteiger charge is -2.12. The van der Waals surface area contributed by atoms with Crippen molar-refractivity contribution >= 4 is 9.84 Å². The zero-order chi connectivity index (χ0) is 19.7. The molecule has 140 valence electrons. The Morgan fingerprint density at radius 2 is 1.59 bits per heavy atom. The number of pyridine rings is 1. The summed E-state index contributed by atoms with van der Waals surface area (Å²) in [4.78, 5) is 4.25. The highest BCUT2D eigenvalue weighted by atomic mass is 32.2. The number of ether oxygens (including phenoxy) is 1. The Labute approximate surface area is 154 Å². The average Bonchev–Trinajstić information content (AvgIpc) is 2.61. The molecule has 3 aromatic rings. The van der Waals surface area contributed by atoms with Crippen molar-refractivity contribution in [3.8, 4) is 22.8 Å². The molecule has 0 bridgehead atoms. The largest absolute Gasteiger partial charge is 0.457 e.